The predicted molar refractivity (Wildman–Crippen MR) is 62.1 cm³/mol. The van der Waals surface area contributed by atoms with Crippen molar-refractivity contribution in [2.75, 3.05) is 6.54 Å². The molecule has 1 aromatic heterocycles. The Morgan fingerprint density at radius 2 is 2.44 bits per heavy atom. The lowest BCUT2D eigenvalue weighted by atomic mass is 10.3. The van der Waals surface area contributed by atoms with Crippen LogP contribution in [0, 0.1) is 0 Å². The first-order chi connectivity index (χ1) is 7.81. The molecule has 0 aliphatic heterocycles. The lowest BCUT2D eigenvalue weighted by Crippen LogP contribution is -2.27. The summed E-state index contributed by atoms with van der Waals surface area (Å²) in [7, 11) is 0. The number of imidazole rings is 1. The number of aromatic nitrogens is 2. The largest absolute Gasteiger partial charge is 0.354 e. The molecule has 0 bridgehead atoms. The van der Waals surface area contributed by atoms with E-state index in [-0.39, 0.29) is 5.91 Å². The molecule has 0 saturated heterocycles. The first-order valence-corrected chi connectivity index (χ1v) is 6.09. The van der Waals surface area contributed by atoms with Crippen LogP contribution in [-0.4, -0.2) is 22.0 Å². The third-order valence-corrected chi connectivity index (χ3v) is 2.84. The Balaban J connectivity index is 1.76. The fourth-order valence-electron chi connectivity index (χ4n) is 1.84. The van der Waals surface area contributed by atoms with E-state index in [0.29, 0.717) is 18.9 Å². The molecular weight excluding hydrogens is 202 g/mol. The monoisotopic (exact) mass is 221 g/mol. The molecule has 0 unspecified atom stereocenters. The van der Waals surface area contributed by atoms with Gasteiger partial charge >= 0.3 is 0 Å². The van der Waals surface area contributed by atoms with Gasteiger partial charge in [0, 0.05) is 37.8 Å². The van der Waals surface area contributed by atoms with Crippen LogP contribution in [0.25, 0.3) is 0 Å². The third kappa shape index (κ3) is 2.84. The molecule has 1 heterocycles. The highest BCUT2D eigenvalue weighted by molar-refractivity contribution is 5.75. The Hall–Kier alpha value is -1.32. The molecule has 2 rings (SSSR count). The zero-order valence-electron chi connectivity index (χ0n) is 9.78. The minimum Gasteiger partial charge on any atom is -0.354 e. The standard InChI is InChI=1S/C12H19N3O/c1-2-3-11(16)13-6-8-15-9-7-14-12(15)10-4-5-10/h7,9-10H,2-6,8H2,1H3,(H,13,16). The van der Waals surface area contributed by atoms with Crippen LogP contribution in [0.5, 0.6) is 0 Å². The van der Waals surface area contributed by atoms with Crippen molar-refractivity contribution in [2.24, 2.45) is 0 Å². The van der Waals surface area contributed by atoms with Gasteiger partial charge in [0.15, 0.2) is 0 Å². The van der Waals surface area contributed by atoms with Crippen molar-refractivity contribution >= 4 is 5.91 Å². The van der Waals surface area contributed by atoms with Crippen molar-refractivity contribution in [3.8, 4) is 0 Å². The molecule has 0 radical (unpaired) electrons. The molecule has 0 aromatic carbocycles. The van der Waals surface area contributed by atoms with Crippen molar-refractivity contribution in [1.29, 1.82) is 0 Å². The van der Waals surface area contributed by atoms with E-state index in [1.807, 2.05) is 19.3 Å². The maximum Gasteiger partial charge on any atom is 0.220 e. The van der Waals surface area contributed by atoms with Crippen LogP contribution in [0.1, 0.15) is 44.3 Å². The molecule has 1 aliphatic carbocycles. The highest BCUT2D eigenvalue weighted by Gasteiger charge is 2.27. The summed E-state index contributed by atoms with van der Waals surface area (Å²) < 4.78 is 2.16. The molecule has 1 aliphatic rings. The van der Waals surface area contributed by atoms with Gasteiger partial charge in [-0.05, 0) is 19.3 Å². The van der Waals surface area contributed by atoms with Gasteiger partial charge in [0.2, 0.25) is 5.91 Å². The summed E-state index contributed by atoms with van der Waals surface area (Å²) in [5, 5.41) is 2.92. The first-order valence-electron chi connectivity index (χ1n) is 6.09. The molecule has 1 aromatic rings. The molecule has 4 heteroatoms. The van der Waals surface area contributed by atoms with Gasteiger partial charge in [-0.2, -0.15) is 0 Å². The van der Waals surface area contributed by atoms with E-state index in [0.717, 1.165) is 13.0 Å². The molecule has 1 saturated carbocycles. The van der Waals surface area contributed by atoms with E-state index in [9.17, 15) is 4.79 Å². The van der Waals surface area contributed by atoms with Crippen LogP contribution >= 0.6 is 0 Å². The minimum absolute atomic E-state index is 0.149. The van der Waals surface area contributed by atoms with Crippen LogP contribution in [-0.2, 0) is 11.3 Å². The molecule has 1 fully saturated rings. The number of nitrogens with zero attached hydrogens (tertiary/aromatic N) is 2. The van der Waals surface area contributed by atoms with Gasteiger partial charge in [0.25, 0.3) is 0 Å². The normalized spacial score (nSPS) is 15.1. The second-order valence-corrected chi connectivity index (χ2v) is 4.35. The van der Waals surface area contributed by atoms with Crippen molar-refractivity contribution in [2.45, 2.75) is 45.1 Å². The minimum atomic E-state index is 0.149. The van der Waals surface area contributed by atoms with E-state index < -0.39 is 0 Å². The zero-order chi connectivity index (χ0) is 11.4. The lowest BCUT2D eigenvalue weighted by Gasteiger charge is -2.08. The highest BCUT2D eigenvalue weighted by Crippen LogP contribution is 2.38. The number of nitrogens with one attached hydrogen (secondary N) is 1. The third-order valence-electron chi connectivity index (χ3n) is 2.84. The van der Waals surface area contributed by atoms with Crippen LogP contribution in [0.3, 0.4) is 0 Å². The number of carbonyl (C=O) groups is 1. The summed E-state index contributed by atoms with van der Waals surface area (Å²) in [5.41, 5.74) is 0. The van der Waals surface area contributed by atoms with Crippen molar-refractivity contribution in [3.63, 3.8) is 0 Å². The number of rotatable bonds is 6. The first kappa shape index (κ1) is 11.2. The maximum atomic E-state index is 11.3. The fourth-order valence-corrected chi connectivity index (χ4v) is 1.84. The van der Waals surface area contributed by atoms with E-state index in [1.54, 1.807) is 0 Å². The Bertz CT molecular complexity index is 355. The summed E-state index contributed by atoms with van der Waals surface area (Å²) in [6.45, 7) is 3.55. The number of hydrogen-bond donors (Lipinski definition) is 1. The molecule has 1 N–H and O–H groups in total. The summed E-state index contributed by atoms with van der Waals surface area (Å²) in [6.07, 6.45) is 7.91. The van der Waals surface area contributed by atoms with Crippen molar-refractivity contribution in [3.05, 3.63) is 18.2 Å². The molecule has 16 heavy (non-hydrogen) atoms. The van der Waals surface area contributed by atoms with Crippen LogP contribution in [0.4, 0.5) is 0 Å². The number of carbonyl (C=O) groups excluding carboxylic acids is 1. The lowest BCUT2D eigenvalue weighted by molar-refractivity contribution is -0.121. The molecule has 4 nitrogen and oxygen atoms in total. The summed E-state index contributed by atoms with van der Waals surface area (Å²) >= 11 is 0. The molecular formula is C12H19N3O. The summed E-state index contributed by atoms with van der Waals surface area (Å²) in [6, 6.07) is 0. The SMILES string of the molecule is CCCC(=O)NCCn1ccnc1C1CC1. The molecule has 1 amide bonds. The number of amides is 1. The highest BCUT2D eigenvalue weighted by atomic mass is 16.1. The van der Waals surface area contributed by atoms with E-state index in [2.05, 4.69) is 14.9 Å². The van der Waals surface area contributed by atoms with Gasteiger partial charge in [0.05, 0.1) is 0 Å². The topological polar surface area (TPSA) is 46.9 Å². The Kier molecular flexibility index (Phi) is 3.59. The molecule has 0 atom stereocenters. The zero-order valence-corrected chi connectivity index (χ0v) is 9.78. The van der Waals surface area contributed by atoms with Crippen LogP contribution in [0.15, 0.2) is 12.4 Å². The van der Waals surface area contributed by atoms with Gasteiger partial charge in [-0.3, -0.25) is 4.79 Å². The van der Waals surface area contributed by atoms with Crippen molar-refractivity contribution in [1.82, 2.24) is 14.9 Å². The van der Waals surface area contributed by atoms with E-state index in [4.69, 9.17) is 0 Å². The average Bonchev–Trinajstić information content (AvgIpc) is 3.00. The van der Waals surface area contributed by atoms with Crippen molar-refractivity contribution < 1.29 is 4.79 Å². The Morgan fingerprint density at radius 3 is 3.12 bits per heavy atom. The van der Waals surface area contributed by atoms with Crippen LogP contribution in [0.2, 0.25) is 0 Å². The predicted octanol–water partition coefficient (Wildman–Crippen LogP) is 1.68. The van der Waals surface area contributed by atoms with Gasteiger partial charge < -0.3 is 9.88 Å². The summed E-state index contributed by atoms with van der Waals surface area (Å²) in [4.78, 5) is 15.6. The smallest absolute Gasteiger partial charge is 0.220 e. The fraction of sp³-hybridized carbons (Fsp3) is 0.667. The quantitative estimate of drug-likeness (QED) is 0.794. The average molecular weight is 221 g/mol. The van der Waals surface area contributed by atoms with Gasteiger partial charge in [-0.25, -0.2) is 4.98 Å². The Morgan fingerprint density at radius 1 is 1.62 bits per heavy atom. The van der Waals surface area contributed by atoms with Gasteiger partial charge in [0.1, 0.15) is 5.82 Å². The van der Waals surface area contributed by atoms with Gasteiger partial charge in [-0.15, -0.1) is 0 Å². The van der Waals surface area contributed by atoms with Gasteiger partial charge in [-0.1, -0.05) is 6.92 Å². The summed E-state index contributed by atoms with van der Waals surface area (Å²) in [5.74, 6) is 2.00. The second kappa shape index (κ2) is 5.14. The van der Waals surface area contributed by atoms with E-state index >= 15 is 0 Å². The number of hydrogen-bond acceptors (Lipinski definition) is 2. The molecule has 0 spiro atoms. The van der Waals surface area contributed by atoms with Crippen LogP contribution < -0.4 is 5.32 Å². The Labute approximate surface area is 96.1 Å². The van der Waals surface area contributed by atoms with E-state index in [1.165, 1.54) is 18.7 Å². The second-order valence-electron chi connectivity index (χ2n) is 4.35. The maximum absolute atomic E-state index is 11.3. The molecule has 88 valence electrons.